The van der Waals surface area contributed by atoms with Crippen molar-refractivity contribution in [3.63, 3.8) is 0 Å². The quantitative estimate of drug-likeness (QED) is 0.856. The molecule has 0 saturated heterocycles. The molecule has 5 nitrogen and oxygen atoms in total. The molecule has 2 fully saturated rings. The molecule has 2 aliphatic rings. The molecule has 2 N–H and O–H groups in total. The molecule has 2 amide bonds. The van der Waals surface area contributed by atoms with E-state index in [2.05, 4.69) is 36.4 Å². The molecule has 0 radical (unpaired) electrons. The number of carbonyl (C=O) groups excluding carboxylic acids is 2. The maximum Gasteiger partial charge on any atom is 0.229 e. The van der Waals surface area contributed by atoms with Gasteiger partial charge in [-0.05, 0) is 43.4 Å². The van der Waals surface area contributed by atoms with Crippen molar-refractivity contribution in [3.8, 4) is 0 Å². The number of nitrogens with one attached hydrogen (secondary N) is 2. The summed E-state index contributed by atoms with van der Waals surface area (Å²) >= 11 is 1.39. The lowest BCUT2D eigenvalue weighted by atomic mass is 9.70. The third kappa shape index (κ3) is 4.79. The van der Waals surface area contributed by atoms with Gasteiger partial charge in [-0.3, -0.25) is 9.59 Å². The topological polar surface area (TPSA) is 71.1 Å². The van der Waals surface area contributed by atoms with E-state index in [1.165, 1.54) is 17.8 Å². The van der Waals surface area contributed by atoms with E-state index >= 15 is 0 Å². The first-order valence-corrected chi connectivity index (χ1v) is 9.73. The van der Waals surface area contributed by atoms with Gasteiger partial charge >= 0.3 is 0 Å². The molecule has 2 unspecified atom stereocenters. The molecule has 3 rings (SSSR count). The highest BCUT2D eigenvalue weighted by molar-refractivity contribution is 7.13. The zero-order valence-electron chi connectivity index (χ0n) is 14.7. The maximum atomic E-state index is 12.3. The molecule has 24 heavy (non-hydrogen) atoms. The summed E-state index contributed by atoms with van der Waals surface area (Å²) in [4.78, 5) is 28.4. The second-order valence-corrected chi connectivity index (χ2v) is 9.12. The van der Waals surface area contributed by atoms with E-state index in [-0.39, 0.29) is 35.6 Å². The molecular weight excluding hydrogens is 322 g/mol. The van der Waals surface area contributed by atoms with Crippen LogP contribution in [0.3, 0.4) is 0 Å². The Morgan fingerprint density at radius 1 is 1.33 bits per heavy atom. The van der Waals surface area contributed by atoms with Gasteiger partial charge in [-0.15, -0.1) is 11.3 Å². The van der Waals surface area contributed by atoms with E-state index in [1.54, 1.807) is 0 Å². The predicted octanol–water partition coefficient (Wildman–Crippen LogP) is 3.37. The summed E-state index contributed by atoms with van der Waals surface area (Å²) in [5, 5.41) is 8.46. The monoisotopic (exact) mass is 349 g/mol. The van der Waals surface area contributed by atoms with Crippen LogP contribution >= 0.6 is 11.3 Å². The highest BCUT2D eigenvalue weighted by Gasteiger charge is 2.33. The summed E-state index contributed by atoms with van der Waals surface area (Å²) in [7, 11) is 0. The summed E-state index contributed by atoms with van der Waals surface area (Å²) in [5.74, 6) is 0.883. The number of amides is 2. The van der Waals surface area contributed by atoms with E-state index in [0.717, 1.165) is 31.4 Å². The summed E-state index contributed by atoms with van der Waals surface area (Å²) in [6.07, 6.45) is 5.53. The van der Waals surface area contributed by atoms with Crippen LogP contribution < -0.4 is 10.6 Å². The van der Waals surface area contributed by atoms with Gasteiger partial charge in [-0.25, -0.2) is 4.98 Å². The van der Waals surface area contributed by atoms with Crippen molar-refractivity contribution < 1.29 is 9.59 Å². The molecule has 1 aromatic rings. The van der Waals surface area contributed by atoms with Crippen molar-refractivity contribution in [3.05, 3.63) is 11.1 Å². The molecule has 6 heteroatoms. The maximum absolute atomic E-state index is 12.3. The Labute approximate surface area is 147 Å². The molecule has 0 spiro atoms. The van der Waals surface area contributed by atoms with Crippen LogP contribution in [0.4, 0.5) is 5.13 Å². The number of hydrogen-bond donors (Lipinski definition) is 2. The summed E-state index contributed by atoms with van der Waals surface area (Å²) in [6.45, 7) is 6.81. The van der Waals surface area contributed by atoms with Gasteiger partial charge in [-0.2, -0.15) is 0 Å². The second-order valence-electron chi connectivity index (χ2n) is 8.26. The number of rotatable bonds is 5. The molecule has 2 saturated carbocycles. The van der Waals surface area contributed by atoms with Crippen molar-refractivity contribution in [2.75, 3.05) is 5.32 Å². The molecule has 0 bridgehead atoms. The molecule has 1 aromatic heterocycles. The van der Waals surface area contributed by atoms with Crippen molar-refractivity contribution in [1.29, 1.82) is 0 Å². The van der Waals surface area contributed by atoms with Crippen LogP contribution in [0.2, 0.25) is 0 Å². The van der Waals surface area contributed by atoms with E-state index < -0.39 is 0 Å². The van der Waals surface area contributed by atoms with Gasteiger partial charge in [0.2, 0.25) is 11.8 Å². The van der Waals surface area contributed by atoms with Gasteiger partial charge in [-0.1, -0.05) is 20.8 Å². The van der Waals surface area contributed by atoms with Gasteiger partial charge in [0, 0.05) is 17.3 Å². The van der Waals surface area contributed by atoms with Crippen LogP contribution in [-0.2, 0) is 16.0 Å². The minimum Gasteiger partial charge on any atom is -0.353 e. The summed E-state index contributed by atoms with van der Waals surface area (Å²) < 4.78 is 0. The number of aromatic nitrogens is 1. The Morgan fingerprint density at radius 3 is 2.75 bits per heavy atom. The standard InChI is InChI=1S/C18H27N3O2S/c1-11-6-13(9-18(2,3)8-11)19-15(22)7-14-10-24-17(20-14)21-16(23)12-4-5-12/h10-13H,4-9H2,1-3H3,(H,19,22)(H,20,21,23). The molecule has 1 heterocycles. The third-order valence-electron chi connectivity index (χ3n) is 4.82. The minimum absolute atomic E-state index is 0.0234. The highest BCUT2D eigenvalue weighted by atomic mass is 32.1. The van der Waals surface area contributed by atoms with Crippen LogP contribution in [0.5, 0.6) is 0 Å². The Hall–Kier alpha value is -1.43. The smallest absolute Gasteiger partial charge is 0.229 e. The lowest BCUT2D eigenvalue weighted by Gasteiger charge is -2.39. The number of hydrogen-bond acceptors (Lipinski definition) is 4. The number of anilines is 1. The van der Waals surface area contributed by atoms with Crippen LogP contribution in [0.1, 0.15) is 58.6 Å². The number of carbonyl (C=O) groups is 2. The molecule has 2 aliphatic carbocycles. The van der Waals surface area contributed by atoms with Gasteiger partial charge in [0.15, 0.2) is 5.13 Å². The van der Waals surface area contributed by atoms with Crippen molar-refractivity contribution >= 4 is 28.3 Å². The molecule has 2 atom stereocenters. The first kappa shape index (κ1) is 17.4. The fourth-order valence-electron chi connectivity index (χ4n) is 3.90. The van der Waals surface area contributed by atoms with E-state index in [0.29, 0.717) is 11.0 Å². The average molecular weight is 350 g/mol. The van der Waals surface area contributed by atoms with Gasteiger partial charge in [0.1, 0.15) is 0 Å². The first-order valence-electron chi connectivity index (χ1n) is 8.85. The Kier molecular flexibility index (Phi) is 4.95. The van der Waals surface area contributed by atoms with Crippen molar-refractivity contribution in [2.24, 2.45) is 17.3 Å². The second kappa shape index (κ2) is 6.82. The zero-order chi connectivity index (χ0) is 17.3. The SMILES string of the molecule is CC1CC(NC(=O)Cc2csc(NC(=O)C3CC3)n2)CC(C)(C)C1. The van der Waals surface area contributed by atoms with E-state index in [4.69, 9.17) is 0 Å². The third-order valence-corrected chi connectivity index (χ3v) is 5.63. The first-order chi connectivity index (χ1) is 11.3. The van der Waals surface area contributed by atoms with Gasteiger partial charge < -0.3 is 10.6 Å². The lowest BCUT2D eigenvalue weighted by molar-refractivity contribution is -0.121. The van der Waals surface area contributed by atoms with Crippen LogP contribution in [0.15, 0.2) is 5.38 Å². The average Bonchev–Trinajstić information content (AvgIpc) is 3.19. The summed E-state index contributed by atoms with van der Waals surface area (Å²) in [5.41, 5.74) is 1.02. The molecule has 0 aromatic carbocycles. The Bertz CT molecular complexity index is 622. The molecule has 132 valence electrons. The van der Waals surface area contributed by atoms with Crippen LogP contribution in [0.25, 0.3) is 0 Å². The van der Waals surface area contributed by atoms with Gasteiger partial charge in [0.25, 0.3) is 0 Å². The van der Waals surface area contributed by atoms with E-state index in [1.807, 2.05) is 5.38 Å². The predicted molar refractivity (Wildman–Crippen MR) is 95.9 cm³/mol. The van der Waals surface area contributed by atoms with Gasteiger partial charge in [0.05, 0.1) is 12.1 Å². The Morgan fingerprint density at radius 2 is 2.08 bits per heavy atom. The minimum atomic E-state index is 0.0234. The molecular formula is C18H27N3O2S. The van der Waals surface area contributed by atoms with Crippen LogP contribution in [-0.4, -0.2) is 22.8 Å². The number of nitrogens with zero attached hydrogens (tertiary/aromatic N) is 1. The Balaban J connectivity index is 1.49. The zero-order valence-corrected chi connectivity index (χ0v) is 15.5. The summed E-state index contributed by atoms with van der Waals surface area (Å²) in [6, 6.07) is 0.254. The normalized spacial score (nSPS) is 26.0. The van der Waals surface area contributed by atoms with E-state index in [9.17, 15) is 9.59 Å². The fourth-order valence-corrected chi connectivity index (χ4v) is 4.61. The van der Waals surface area contributed by atoms with Crippen molar-refractivity contribution in [2.45, 2.75) is 65.3 Å². The number of thiazole rings is 1. The fraction of sp³-hybridized carbons (Fsp3) is 0.722. The lowest BCUT2D eigenvalue weighted by Crippen LogP contribution is -2.43. The highest BCUT2D eigenvalue weighted by Crippen LogP contribution is 2.38. The molecule has 0 aliphatic heterocycles. The van der Waals surface area contributed by atoms with Crippen molar-refractivity contribution in [1.82, 2.24) is 10.3 Å². The largest absolute Gasteiger partial charge is 0.353 e. The van der Waals surface area contributed by atoms with Crippen LogP contribution in [0, 0.1) is 17.3 Å².